The smallest absolute Gasteiger partial charge is 0.414 e. The average molecular weight is 356 g/mol. The number of nitrogens with one attached hydrogen (secondary N) is 2. The summed E-state index contributed by atoms with van der Waals surface area (Å²) < 4.78 is 5.29. The third-order valence-corrected chi connectivity index (χ3v) is 4.25. The zero-order chi connectivity index (χ0) is 18.8. The van der Waals surface area contributed by atoms with Crippen molar-refractivity contribution in [3.63, 3.8) is 0 Å². The molecule has 3 rings (SSSR count). The number of aromatic nitrogens is 2. The fraction of sp³-hybridized carbons (Fsp3) is 0.333. The van der Waals surface area contributed by atoms with E-state index in [0.717, 1.165) is 11.1 Å². The van der Waals surface area contributed by atoms with E-state index in [4.69, 9.17) is 4.74 Å². The van der Waals surface area contributed by atoms with Crippen molar-refractivity contribution in [3.05, 3.63) is 46.8 Å². The number of aryl methyl sites for hydroxylation is 2. The summed E-state index contributed by atoms with van der Waals surface area (Å²) in [7, 11) is 0. The molecule has 0 saturated carbocycles. The molecule has 0 aliphatic carbocycles. The highest BCUT2D eigenvalue weighted by Gasteiger charge is 2.33. The van der Waals surface area contributed by atoms with Gasteiger partial charge in [0, 0.05) is 24.4 Å². The topological polar surface area (TPSA) is 104 Å². The van der Waals surface area contributed by atoms with Crippen LogP contribution in [0, 0.1) is 13.8 Å². The van der Waals surface area contributed by atoms with Gasteiger partial charge < -0.3 is 10.1 Å². The molecule has 2 aromatic rings. The molecule has 0 spiro atoms. The first-order chi connectivity index (χ1) is 12.4. The number of aromatic amines is 1. The van der Waals surface area contributed by atoms with E-state index in [1.54, 1.807) is 18.2 Å². The van der Waals surface area contributed by atoms with Crippen molar-refractivity contribution in [2.45, 2.75) is 26.9 Å². The van der Waals surface area contributed by atoms with Crippen LogP contribution in [0.5, 0.6) is 0 Å². The Morgan fingerprint density at radius 1 is 1.35 bits per heavy atom. The summed E-state index contributed by atoms with van der Waals surface area (Å²) in [6, 6.07) is 5.21. The number of hydrogen-bond donors (Lipinski definition) is 2. The Hall–Kier alpha value is -3.16. The number of hydrogen-bond acceptors (Lipinski definition) is 5. The maximum Gasteiger partial charge on any atom is 0.414 e. The van der Waals surface area contributed by atoms with Crippen LogP contribution in [0.2, 0.25) is 0 Å². The van der Waals surface area contributed by atoms with Crippen LogP contribution in [0.1, 0.15) is 34.1 Å². The van der Waals surface area contributed by atoms with Gasteiger partial charge in [-0.3, -0.25) is 19.6 Å². The number of carbonyl (C=O) groups excluding carboxylic acids is 3. The van der Waals surface area contributed by atoms with E-state index >= 15 is 0 Å². The van der Waals surface area contributed by atoms with Crippen LogP contribution in [-0.2, 0) is 9.53 Å². The number of amides is 2. The summed E-state index contributed by atoms with van der Waals surface area (Å²) in [5.74, 6) is -0.315. The van der Waals surface area contributed by atoms with E-state index < -0.39 is 12.2 Å². The van der Waals surface area contributed by atoms with Crippen LogP contribution in [0.15, 0.2) is 24.4 Å². The van der Waals surface area contributed by atoms with Crippen molar-refractivity contribution >= 4 is 23.5 Å². The number of cyclic esters (lactones) is 1. The molecule has 8 heteroatoms. The predicted molar refractivity (Wildman–Crippen MR) is 94.2 cm³/mol. The van der Waals surface area contributed by atoms with E-state index in [2.05, 4.69) is 15.5 Å². The van der Waals surface area contributed by atoms with Crippen LogP contribution < -0.4 is 10.2 Å². The maximum atomic E-state index is 12.6. The van der Waals surface area contributed by atoms with Crippen molar-refractivity contribution in [1.29, 1.82) is 0 Å². The molecule has 1 saturated heterocycles. The normalized spacial score (nSPS) is 16.5. The number of carbonyl (C=O) groups is 3. The molecule has 0 radical (unpaired) electrons. The molecular weight excluding hydrogens is 336 g/mol. The van der Waals surface area contributed by atoms with Gasteiger partial charge in [-0.15, -0.1) is 0 Å². The lowest BCUT2D eigenvalue weighted by molar-refractivity contribution is -0.119. The first-order valence-electron chi connectivity index (χ1n) is 8.24. The van der Waals surface area contributed by atoms with Crippen LogP contribution in [-0.4, -0.2) is 47.2 Å². The van der Waals surface area contributed by atoms with Gasteiger partial charge in [-0.1, -0.05) is 0 Å². The summed E-state index contributed by atoms with van der Waals surface area (Å²) in [6.07, 6.45) is 0.659. The first kappa shape index (κ1) is 17.7. The molecular formula is C18H20N4O4. The molecule has 2 amide bonds. The van der Waals surface area contributed by atoms with Crippen LogP contribution >= 0.6 is 0 Å². The molecule has 1 aliphatic rings. The third-order valence-electron chi connectivity index (χ3n) is 4.25. The van der Waals surface area contributed by atoms with Crippen molar-refractivity contribution in [1.82, 2.24) is 15.5 Å². The maximum absolute atomic E-state index is 12.6. The molecule has 1 aromatic carbocycles. The minimum absolute atomic E-state index is 0.142. The predicted octanol–water partition coefficient (Wildman–Crippen LogP) is 1.72. The van der Waals surface area contributed by atoms with Gasteiger partial charge in [0.15, 0.2) is 0 Å². The molecule has 8 nitrogen and oxygen atoms in total. The minimum Gasteiger partial charge on any atom is -0.442 e. The van der Waals surface area contributed by atoms with Crippen LogP contribution in [0.4, 0.5) is 10.5 Å². The average Bonchev–Trinajstić information content (AvgIpc) is 3.21. The molecule has 26 heavy (non-hydrogen) atoms. The lowest BCUT2D eigenvalue weighted by Crippen LogP contribution is -2.33. The van der Waals surface area contributed by atoms with Gasteiger partial charge in [-0.05, 0) is 43.2 Å². The van der Waals surface area contributed by atoms with Crippen molar-refractivity contribution in [3.8, 4) is 0 Å². The Morgan fingerprint density at radius 3 is 2.62 bits per heavy atom. The summed E-state index contributed by atoms with van der Waals surface area (Å²) in [5, 5.41) is 9.13. The molecule has 1 unspecified atom stereocenters. The molecule has 136 valence electrons. The molecule has 1 aromatic heterocycles. The van der Waals surface area contributed by atoms with Crippen molar-refractivity contribution < 1.29 is 19.1 Å². The quantitative estimate of drug-likeness (QED) is 0.794. The fourth-order valence-electron chi connectivity index (χ4n) is 3.07. The Bertz CT molecular complexity index is 837. The van der Waals surface area contributed by atoms with Gasteiger partial charge in [0.25, 0.3) is 0 Å². The number of H-pyrrole nitrogens is 1. The van der Waals surface area contributed by atoms with Crippen LogP contribution in [0.3, 0.4) is 0 Å². The second kappa shape index (κ2) is 6.99. The lowest BCUT2D eigenvalue weighted by Gasteiger charge is -2.17. The minimum atomic E-state index is -0.466. The van der Waals surface area contributed by atoms with Crippen molar-refractivity contribution in [2.75, 3.05) is 18.0 Å². The highest BCUT2D eigenvalue weighted by molar-refractivity contribution is 6.10. The largest absolute Gasteiger partial charge is 0.442 e. The van der Waals surface area contributed by atoms with E-state index in [-0.39, 0.29) is 18.2 Å². The van der Waals surface area contributed by atoms with Gasteiger partial charge in [0.1, 0.15) is 11.8 Å². The summed E-state index contributed by atoms with van der Waals surface area (Å²) in [4.78, 5) is 37.3. The van der Waals surface area contributed by atoms with Gasteiger partial charge in [0.2, 0.25) is 11.7 Å². The van der Waals surface area contributed by atoms with Crippen LogP contribution in [0.25, 0.3) is 0 Å². The number of nitrogens with zero attached hydrogens (tertiary/aromatic N) is 2. The van der Waals surface area contributed by atoms with Gasteiger partial charge in [-0.25, -0.2) is 4.79 Å². The molecule has 1 fully saturated rings. The number of ketones is 1. The molecule has 1 atom stereocenters. The van der Waals surface area contributed by atoms with Gasteiger partial charge in [-0.2, -0.15) is 5.10 Å². The fourth-order valence-corrected chi connectivity index (χ4v) is 3.07. The van der Waals surface area contributed by atoms with E-state index in [1.165, 1.54) is 18.0 Å². The van der Waals surface area contributed by atoms with E-state index in [0.29, 0.717) is 23.5 Å². The van der Waals surface area contributed by atoms with E-state index in [9.17, 15) is 14.4 Å². The number of rotatable bonds is 5. The monoisotopic (exact) mass is 356 g/mol. The Morgan fingerprint density at radius 2 is 2.04 bits per heavy atom. The standard InChI is InChI=1S/C18H20N4O4/c1-10-6-13(22-9-14(26-18(22)25)8-19-12(3)23)7-11(2)16(10)17(24)15-4-5-20-21-15/h4-7,14H,8-9H2,1-3H3,(H,19,23)(H,20,21). The summed E-state index contributed by atoms with van der Waals surface area (Å²) in [5.41, 5.74) is 3.19. The van der Waals surface area contributed by atoms with Gasteiger partial charge in [0.05, 0.1) is 13.1 Å². The first-order valence-corrected chi connectivity index (χ1v) is 8.24. The SMILES string of the molecule is CC(=O)NCC1CN(c2cc(C)c(C(=O)c3ccn[nH]3)c(C)c2)C(=O)O1. The molecule has 1 aliphatic heterocycles. The number of anilines is 1. The Labute approximate surface area is 150 Å². The summed E-state index contributed by atoms with van der Waals surface area (Å²) in [6.45, 7) is 5.68. The Kier molecular flexibility index (Phi) is 4.75. The molecule has 2 heterocycles. The van der Waals surface area contributed by atoms with E-state index in [1.807, 2.05) is 13.8 Å². The zero-order valence-corrected chi connectivity index (χ0v) is 14.8. The summed E-state index contributed by atoms with van der Waals surface area (Å²) >= 11 is 0. The Balaban J connectivity index is 1.83. The lowest BCUT2D eigenvalue weighted by atomic mass is 9.96. The molecule has 0 bridgehead atoms. The second-order valence-corrected chi connectivity index (χ2v) is 6.31. The highest BCUT2D eigenvalue weighted by atomic mass is 16.6. The zero-order valence-electron chi connectivity index (χ0n) is 14.8. The number of ether oxygens (including phenoxy) is 1. The highest BCUT2D eigenvalue weighted by Crippen LogP contribution is 2.28. The number of benzene rings is 1. The molecule has 2 N–H and O–H groups in total. The van der Waals surface area contributed by atoms with Gasteiger partial charge >= 0.3 is 6.09 Å². The van der Waals surface area contributed by atoms with Crippen molar-refractivity contribution in [2.24, 2.45) is 0 Å². The second-order valence-electron chi connectivity index (χ2n) is 6.31. The third kappa shape index (κ3) is 3.44.